The fourth-order valence-electron chi connectivity index (χ4n) is 3.82. The summed E-state index contributed by atoms with van der Waals surface area (Å²) in [5, 5.41) is 41.2. The maximum Gasteiger partial charge on any atom is 0.351 e. The molecule has 13 heteroatoms. The van der Waals surface area contributed by atoms with Crippen molar-refractivity contribution in [2.75, 3.05) is 12.3 Å². The van der Waals surface area contributed by atoms with Crippen molar-refractivity contribution in [2.45, 2.75) is 36.1 Å². The van der Waals surface area contributed by atoms with Gasteiger partial charge in [0.2, 0.25) is 5.28 Å². The van der Waals surface area contributed by atoms with E-state index in [0.717, 1.165) is 0 Å². The predicted octanol–water partition coefficient (Wildman–Crippen LogP) is 0.291. The van der Waals surface area contributed by atoms with Crippen LogP contribution in [-0.2, 0) is 20.7 Å². The maximum atomic E-state index is 12.0. The van der Waals surface area contributed by atoms with Gasteiger partial charge in [-0.25, -0.2) is 9.78 Å². The van der Waals surface area contributed by atoms with Gasteiger partial charge in [-0.2, -0.15) is 15.2 Å². The molecule has 2 aromatic heterocycles. The molecule has 1 aliphatic heterocycles. The predicted molar refractivity (Wildman–Crippen MR) is 121 cm³/mol. The number of rotatable bonds is 7. The number of carboxylic acid groups (broad SMARTS) is 1. The first-order valence-corrected chi connectivity index (χ1v) is 10.5. The minimum Gasteiger partial charge on any atom is -0.478 e. The van der Waals surface area contributed by atoms with Crippen molar-refractivity contribution in [3.63, 3.8) is 0 Å². The van der Waals surface area contributed by atoms with Crippen LogP contribution in [0, 0.1) is 23.7 Å². The Morgan fingerprint density at radius 1 is 1.40 bits per heavy atom. The number of fused-ring (bicyclic) bond motifs is 1. The van der Waals surface area contributed by atoms with E-state index in [2.05, 4.69) is 20.9 Å². The van der Waals surface area contributed by atoms with Crippen LogP contribution in [0.5, 0.6) is 0 Å². The molecule has 3 aromatic rings. The van der Waals surface area contributed by atoms with Gasteiger partial charge in [-0.1, -0.05) is 36.3 Å². The quantitative estimate of drug-likeness (QED) is 0.258. The van der Waals surface area contributed by atoms with Gasteiger partial charge in [0.15, 0.2) is 23.3 Å². The number of hydrogen-bond donors (Lipinski definition) is 4. The summed E-state index contributed by atoms with van der Waals surface area (Å²) in [6.07, 6.45) is 2.00. The van der Waals surface area contributed by atoms with Crippen LogP contribution in [0.15, 0.2) is 36.7 Å². The number of nitrogen functional groups attached to an aromatic ring is 1. The molecule has 12 nitrogen and oxygen atoms in total. The van der Waals surface area contributed by atoms with Gasteiger partial charge in [0.05, 0.1) is 12.9 Å². The van der Waals surface area contributed by atoms with Crippen molar-refractivity contribution in [1.82, 2.24) is 19.5 Å². The van der Waals surface area contributed by atoms with Gasteiger partial charge in [-0.3, -0.25) is 4.57 Å². The van der Waals surface area contributed by atoms with Crippen molar-refractivity contribution in [3.05, 3.63) is 47.5 Å². The normalized spacial score (nSPS) is 25.6. The molecule has 1 aromatic carbocycles. The van der Waals surface area contributed by atoms with E-state index in [4.69, 9.17) is 33.2 Å². The lowest BCUT2D eigenvalue weighted by Gasteiger charge is -2.28. The van der Waals surface area contributed by atoms with Gasteiger partial charge in [0.1, 0.15) is 23.8 Å². The molecule has 5 atom stereocenters. The molecule has 1 unspecified atom stereocenters. The third-order valence-electron chi connectivity index (χ3n) is 5.75. The Morgan fingerprint density at radius 2 is 2.11 bits per heavy atom. The number of ether oxygens (including phenoxy) is 2. The Bertz CT molecular complexity index is 1350. The number of carbonyl (C=O) groups is 1. The number of nitrogens with two attached hydrogens (primary N) is 1. The van der Waals surface area contributed by atoms with E-state index >= 15 is 0 Å². The summed E-state index contributed by atoms with van der Waals surface area (Å²) in [6.45, 7) is -0.633. The third kappa shape index (κ3) is 4.14. The second-order valence-electron chi connectivity index (χ2n) is 7.85. The van der Waals surface area contributed by atoms with Crippen molar-refractivity contribution < 1.29 is 29.6 Å². The zero-order valence-corrected chi connectivity index (χ0v) is 18.7. The number of anilines is 1. The summed E-state index contributed by atoms with van der Waals surface area (Å²) in [6, 6.07) is 10.1. The fraction of sp³-hybridized carbons (Fsp3) is 0.318. The summed E-state index contributed by atoms with van der Waals surface area (Å²) >= 11 is 5.89. The summed E-state index contributed by atoms with van der Waals surface area (Å²) in [7, 11) is 0. The highest BCUT2D eigenvalue weighted by Crippen LogP contribution is 2.39. The van der Waals surface area contributed by atoms with Gasteiger partial charge < -0.3 is 30.5 Å². The van der Waals surface area contributed by atoms with Crippen LogP contribution in [0.2, 0.25) is 5.28 Å². The molecule has 0 spiro atoms. The molecule has 180 valence electrons. The Kier molecular flexibility index (Phi) is 6.34. The number of nitriles is 1. The molecular weight excluding hydrogens is 480 g/mol. The number of aromatic nitrogens is 4. The Balaban J connectivity index is 1.63. The third-order valence-corrected chi connectivity index (χ3v) is 5.91. The van der Waals surface area contributed by atoms with Crippen molar-refractivity contribution >= 4 is 34.6 Å². The lowest BCUT2D eigenvalue weighted by molar-refractivity contribution is -0.166. The maximum absolute atomic E-state index is 12.0. The Hall–Kier alpha value is -3.78. The lowest BCUT2D eigenvalue weighted by Crippen LogP contribution is -2.51. The van der Waals surface area contributed by atoms with E-state index in [1.165, 1.54) is 10.9 Å². The van der Waals surface area contributed by atoms with E-state index in [9.17, 15) is 25.4 Å². The summed E-state index contributed by atoms with van der Waals surface area (Å²) in [5.74, 6) is 0.538. The average molecular weight is 499 g/mol. The second kappa shape index (κ2) is 9.11. The largest absolute Gasteiger partial charge is 0.478 e. The summed E-state index contributed by atoms with van der Waals surface area (Å²) < 4.78 is 12.6. The molecule has 1 aliphatic rings. The monoisotopic (exact) mass is 498 g/mol. The minimum atomic E-state index is -2.31. The van der Waals surface area contributed by atoms with Crippen LogP contribution in [0.1, 0.15) is 11.8 Å². The highest BCUT2D eigenvalue weighted by Gasteiger charge is 2.57. The fourth-order valence-corrected chi connectivity index (χ4v) is 3.99. The van der Waals surface area contributed by atoms with Crippen LogP contribution in [0.4, 0.5) is 5.82 Å². The Morgan fingerprint density at radius 3 is 2.74 bits per heavy atom. The van der Waals surface area contributed by atoms with Gasteiger partial charge in [0, 0.05) is 6.42 Å². The highest BCUT2D eigenvalue weighted by atomic mass is 35.5. The lowest BCUT2D eigenvalue weighted by atomic mass is 9.92. The average Bonchev–Trinajstić information content (AvgIpc) is 3.36. The van der Waals surface area contributed by atoms with Crippen molar-refractivity contribution in [3.8, 4) is 18.4 Å². The smallest absolute Gasteiger partial charge is 0.351 e. The van der Waals surface area contributed by atoms with E-state index < -0.39 is 42.2 Å². The molecule has 3 heterocycles. The molecule has 0 bridgehead atoms. The molecule has 0 amide bonds. The number of benzene rings is 1. The zero-order valence-electron chi connectivity index (χ0n) is 17.9. The van der Waals surface area contributed by atoms with E-state index in [1.54, 1.807) is 36.4 Å². The number of terminal acetylenes is 1. The number of aliphatic carboxylic acids is 1. The molecule has 35 heavy (non-hydrogen) atoms. The van der Waals surface area contributed by atoms with Crippen molar-refractivity contribution in [1.29, 1.82) is 5.26 Å². The molecule has 1 saturated heterocycles. The van der Waals surface area contributed by atoms with E-state index in [1.807, 2.05) is 0 Å². The topological polar surface area (TPSA) is 190 Å². The van der Waals surface area contributed by atoms with Crippen LogP contribution < -0.4 is 5.73 Å². The van der Waals surface area contributed by atoms with Crippen molar-refractivity contribution in [2.24, 2.45) is 0 Å². The molecular formula is C22H19ClN6O6. The molecule has 4 rings (SSSR count). The Labute approximate surface area is 203 Å². The minimum absolute atomic E-state index is 0.0143. The highest BCUT2D eigenvalue weighted by molar-refractivity contribution is 6.28. The number of nitrogens with zero attached hydrogens (tertiary/aromatic N) is 5. The van der Waals surface area contributed by atoms with E-state index in [-0.39, 0.29) is 28.7 Å². The summed E-state index contributed by atoms with van der Waals surface area (Å²) in [4.78, 5) is 24.0. The molecule has 1 fully saturated rings. The molecule has 0 radical (unpaired) electrons. The number of aliphatic hydroxyl groups is 2. The zero-order chi connectivity index (χ0) is 25.4. The van der Waals surface area contributed by atoms with E-state index in [0.29, 0.717) is 5.56 Å². The number of aliphatic hydroxyl groups excluding tert-OH is 1. The first kappa shape index (κ1) is 24.3. The van der Waals surface area contributed by atoms with Crippen LogP contribution in [0.3, 0.4) is 0 Å². The first-order valence-electron chi connectivity index (χ1n) is 10.2. The standard InChI is InChI=1S/C22H19ClN6O6/c1-2-22(33)13(9-34-21(10-24,19(31)32)8-12-6-4-3-5-7-12)35-18(15(22)30)29-11-26-14-16(25)27-20(23)28-17(14)29/h1,3-7,11,13,15,18,30,33H,8-9H2,(H,31,32)(H2,25,27,28)/t13-,15+,18-,21?,22-/m1/s1. The molecule has 0 aliphatic carbocycles. The second-order valence-corrected chi connectivity index (χ2v) is 8.19. The number of hydrogen-bond acceptors (Lipinski definition) is 10. The van der Waals surface area contributed by atoms with Gasteiger partial charge >= 0.3 is 5.97 Å². The summed E-state index contributed by atoms with van der Waals surface area (Å²) in [5.41, 5.74) is 2.01. The van der Waals surface area contributed by atoms with Gasteiger partial charge in [-0.05, 0) is 17.2 Å². The van der Waals surface area contributed by atoms with Gasteiger partial charge in [0.25, 0.3) is 5.60 Å². The van der Waals surface area contributed by atoms with Crippen LogP contribution in [0.25, 0.3) is 11.2 Å². The first-order chi connectivity index (χ1) is 16.6. The number of halogens is 1. The van der Waals surface area contributed by atoms with Crippen LogP contribution in [-0.4, -0.2) is 70.8 Å². The van der Waals surface area contributed by atoms with Gasteiger partial charge in [-0.15, -0.1) is 6.42 Å². The molecule has 5 N–H and O–H groups in total. The number of carboxylic acids is 1. The number of imidazole rings is 1. The van der Waals surface area contributed by atoms with Crippen LogP contribution >= 0.6 is 11.6 Å². The SMILES string of the molecule is C#C[C@@]1(O)[C@@H](COC(C#N)(Cc2ccccc2)C(=O)O)O[C@@H](n2cnc3c(N)nc(Cl)nc32)[C@@H]1O. The molecule has 0 saturated carbocycles.